The lowest BCUT2D eigenvalue weighted by Crippen LogP contribution is -2.18. The molecular weight excluding hydrogens is 398 g/mol. The Labute approximate surface area is 131 Å². The van der Waals surface area contributed by atoms with Crippen molar-refractivity contribution >= 4 is 9.84 Å². The number of hydrogen-bond donors (Lipinski definition) is 0. The first kappa shape index (κ1) is 19.0. The monoisotopic (exact) mass is 398 g/mol. The van der Waals surface area contributed by atoms with Crippen LogP contribution in [0.3, 0.4) is 0 Å². The van der Waals surface area contributed by atoms with E-state index in [0.717, 1.165) is 0 Å². The normalized spacial score (nSPS) is 11.9. The van der Waals surface area contributed by atoms with Crippen molar-refractivity contribution in [1.82, 2.24) is 0 Å². The fourth-order valence-electron chi connectivity index (χ4n) is 1.74. The van der Waals surface area contributed by atoms with Gasteiger partial charge in [0, 0.05) is 0 Å². The minimum Gasteiger partial charge on any atom is -0.218 e. The third kappa shape index (κ3) is 2.53. The van der Waals surface area contributed by atoms with Crippen molar-refractivity contribution in [1.29, 1.82) is 0 Å². The summed E-state index contributed by atoms with van der Waals surface area (Å²) in [5.74, 6) is -29.0. The molecule has 0 bridgehead atoms. The molecule has 0 aliphatic carbocycles. The predicted octanol–water partition coefficient (Wildman–Crippen LogP) is 3.91. The molecule has 0 saturated heterocycles. The van der Waals surface area contributed by atoms with Crippen LogP contribution in [0.25, 0.3) is 0 Å². The van der Waals surface area contributed by atoms with E-state index in [0.29, 0.717) is 0 Å². The van der Waals surface area contributed by atoms with Gasteiger partial charge in [0.25, 0.3) is 0 Å². The fraction of sp³-hybridized carbons (Fsp3) is 0. The van der Waals surface area contributed by atoms with E-state index in [2.05, 4.69) is 0 Å². The van der Waals surface area contributed by atoms with E-state index in [-0.39, 0.29) is 0 Å². The molecule has 0 heterocycles. The average Bonchev–Trinajstić information content (AvgIpc) is 2.54. The zero-order valence-electron chi connectivity index (χ0n) is 11.0. The smallest absolute Gasteiger partial charge is 0.218 e. The first-order chi connectivity index (χ1) is 11.4. The van der Waals surface area contributed by atoms with E-state index in [1.807, 2.05) is 0 Å². The Bertz CT molecular complexity index is 882. The minimum atomic E-state index is -6.38. The number of rotatable bonds is 2. The lowest BCUT2D eigenvalue weighted by molar-refractivity contribution is 0.350. The van der Waals surface area contributed by atoms with Gasteiger partial charge in [-0.05, 0) is 0 Å². The Hall–Kier alpha value is -2.31. The Morgan fingerprint density at radius 2 is 0.520 bits per heavy atom. The molecule has 0 N–H and O–H groups in total. The molecule has 136 valence electrons. The molecule has 0 amide bonds. The van der Waals surface area contributed by atoms with Crippen molar-refractivity contribution in [2.75, 3.05) is 0 Å². The van der Waals surface area contributed by atoms with Crippen LogP contribution in [0.15, 0.2) is 9.79 Å². The van der Waals surface area contributed by atoms with Gasteiger partial charge in [-0.2, -0.15) is 0 Å². The zero-order valence-corrected chi connectivity index (χ0v) is 11.8. The van der Waals surface area contributed by atoms with Crippen LogP contribution in [0, 0.1) is 58.2 Å². The van der Waals surface area contributed by atoms with E-state index >= 15 is 0 Å². The zero-order chi connectivity index (χ0) is 19.4. The molecule has 0 aliphatic rings. The van der Waals surface area contributed by atoms with E-state index in [1.54, 1.807) is 0 Å². The van der Waals surface area contributed by atoms with Gasteiger partial charge in [0.2, 0.25) is 21.5 Å². The van der Waals surface area contributed by atoms with Crippen LogP contribution in [0.5, 0.6) is 0 Å². The second kappa shape index (κ2) is 5.89. The van der Waals surface area contributed by atoms with Gasteiger partial charge in [0.1, 0.15) is 9.79 Å². The van der Waals surface area contributed by atoms with Crippen molar-refractivity contribution in [3.63, 3.8) is 0 Å². The second-order valence-electron chi connectivity index (χ2n) is 4.30. The van der Waals surface area contributed by atoms with Crippen molar-refractivity contribution in [2.24, 2.45) is 0 Å². The highest BCUT2D eigenvalue weighted by atomic mass is 32.2. The standard InChI is InChI=1S/C12F10O2S/c13-1-3(15)7(19)11(8(20)4(1)16)25(23,24)12-9(21)5(17)2(14)6(18)10(12)22. The maximum Gasteiger partial charge on any atom is 0.218 e. The summed E-state index contributed by atoms with van der Waals surface area (Å²) in [4.78, 5) is -5.54. The second-order valence-corrected chi connectivity index (χ2v) is 6.12. The molecule has 0 aromatic heterocycles. The van der Waals surface area contributed by atoms with Crippen LogP contribution in [0.1, 0.15) is 0 Å². The fourth-order valence-corrected chi connectivity index (χ4v) is 3.25. The maximum atomic E-state index is 13.5. The summed E-state index contributed by atoms with van der Waals surface area (Å²) < 4.78 is 156. The van der Waals surface area contributed by atoms with Gasteiger partial charge in [-0.1, -0.05) is 0 Å². The van der Waals surface area contributed by atoms with E-state index in [4.69, 9.17) is 0 Å². The number of benzene rings is 2. The molecule has 0 aliphatic heterocycles. The van der Waals surface area contributed by atoms with E-state index in [9.17, 15) is 52.3 Å². The number of hydrogen-bond acceptors (Lipinski definition) is 2. The van der Waals surface area contributed by atoms with Crippen LogP contribution >= 0.6 is 0 Å². The molecule has 0 saturated carbocycles. The van der Waals surface area contributed by atoms with Gasteiger partial charge in [-0.15, -0.1) is 0 Å². The van der Waals surface area contributed by atoms with E-state index in [1.165, 1.54) is 0 Å². The Morgan fingerprint density at radius 3 is 0.720 bits per heavy atom. The molecular formula is C12F10O2S. The lowest BCUT2D eigenvalue weighted by Gasteiger charge is -2.12. The van der Waals surface area contributed by atoms with Crippen molar-refractivity contribution < 1.29 is 52.3 Å². The number of halogens is 10. The molecule has 2 aromatic carbocycles. The van der Waals surface area contributed by atoms with E-state index < -0.39 is 77.8 Å². The van der Waals surface area contributed by atoms with Crippen LogP contribution in [-0.2, 0) is 9.84 Å². The molecule has 25 heavy (non-hydrogen) atoms. The predicted molar refractivity (Wildman–Crippen MR) is 57.9 cm³/mol. The molecule has 0 fully saturated rings. The van der Waals surface area contributed by atoms with Crippen LogP contribution < -0.4 is 0 Å². The summed E-state index contributed by atoms with van der Waals surface area (Å²) in [5, 5.41) is 0. The van der Waals surface area contributed by atoms with Gasteiger partial charge >= 0.3 is 0 Å². The minimum absolute atomic E-state index is 2.77. The Balaban J connectivity index is 3.02. The highest BCUT2D eigenvalue weighted by molar-refractivity contribution is 7.91. The molecule has 0 unspecified atom stereocenters. The molecule has 13 heteroatoms. The van der Waals surface area contributed by atoms with Gasteiger partial charge < -0.3 is 0 Å². The van der Waals surface area contributed by atoms with Gasteiger partial charge in [0.05, 0.1) is 0 Å². The maximum absolute atomic E-state index is 13.5. The Kier molecular flexibility index (Phi) is 4.48. The number of sulfone groups is 1. The summed E-state index contributed by atoms with van der Waals surface area (Å²) in [5.41, 5.74) is 0. The van der Waals surface area contributed by atoms with Crippen molar-refractivity contribution in [3.8, 4) is 0 Å². The molecule has 2 nitrogen and oxygen atoms in total. The summed E-state index contributed by atoms with van der Waals surface area (Å²) in [6.45, 7) is 0. The Morgan fingerprint density at radius 1 is 0.360 bits per heavy atom. The topological polar surface area (TPSA) is 34.1 Å². The van der Waals surface area contributed by atoms with Crippen molar-refractivity contribution in [3.05, 3.63) is 58.2 Å². The molecule has 2 rings (SSSR count). The van der Waals surface area contributed by atoms with Crippen LogP contribution in [-0.4, -0.2) is 8.42 Å². The third-order valence-electron chi connectivity index (χ3n) is 2.88. The van der Waals surface area contributed by atoms with Crippen molar-refractivity contribution in [2.45, 2.75) is 9.79 Å². The molecule has 0 spiro atoms. The quantitative estimate of drug-likeness (QED) is 0.333. The third-order valence-corrected chi connectivity index (χ3v) is 4.67. The first-order valence-corrected chi connectivity index (χ1v) is 7.11. The highest BCUT2D eigenvalue weighted by Gasteiger charge is 2.40. The highest BCUT2D eigenvalue weighted by Crippen LogP contribution is 2.35. The largest absolute Gasteiger partial charge is 0.218 e. The van der Waals surface area contributed by atoms with Gasteiger partial charge in [-0.3, -0.25) is 0 Å². The molecule has 0 radical (unpaired) electrons. The summed E-state index contributed by atoms with van der Waals surface area (Å²) >= 11 is 0. The lowest BCUT2D eigenvalue weighted by atomic mass is 10.3. The first-order valence-electron chi connectivity index (χ1n) is 5.63. The molecule has 0 atom stereocenters. The summed E-state index contributed by atoms with van der Waals surface area (Å²) in [6, 6.07) is 0. The summed E-state index contributed by atoms with van der Waals surface area (Å²) in [7, 11) is -6.38. The van der Waals surface area contributed by atoms with Crippen LogP contribution in [0.4, 0.5) is 43.9 Å². The van der Waals surface area contributed by atoms with Gasteiger partial charge in [0.15, 0.2) is 46.5 Å². The molecule has 2 aromatic rings. The summed E-state index contributed by atoms with van der Waals surface area (Å²) in [6.07, 6.45) is 0. The SMILES string of the molecule is O=S(=O)(c1c(F)c(F)c(F)c(F)c1F)c1c(F)c(F)c(F)c(F)c1F. The van der Waals surface area contributed by atoms with Gasteiger partial charge in [-0.25, -0.2) is 52.3 Å². The van der Waals surface area contributed by atoms with Crippen LogP contribution in [0.2, 0.25) is 0 Å². The average molecular weight is 398 g/mol.